The zero-order valence-corrected chi connectivity index (χ0v) is 14.2. The number of hydrogen-bond acceptors (Lipinski definition) is 4. The molecule has 0 unspecified atom stereocenters. The number of amides is 1. The first-order valence-corrected chi connectivity index (χ1v) is 8.43. The van der Waals surface area contributed by atoms with Crippen LogP contribution in [0.5, 0.6) is 5.75 Å². The van der Waals surface area contributed by atoms with Crippen LogP contribution in [-0.2, 0) is 6.54 Å². The highest BCUT2D eigenvalue weighted by Gasteiger charge is 2.23. The van der Waals surface area contributed by atoms with Gasteiger partial charge in [0.25, 0.3) is 5.91 Å². The SMILES string of the molecule is COc1cccc(C(=O)NC2CCN(Cc3ccccn3)CC2)c1F. The van der Waals surface area contributed by atoms with E-state index in [4.69, 9.17) is 4.74 Å². The Morgan fingerprint density at radius 1 is 1.28 bits per heavy atom. The number of rotatable bonds is 5. The predicted octanol–water partition coefficient (Wildman–Crippen LogP) is 2.62. The molecule has 1 fully saturated rings. The Balaban J connectivity index is 1.53. The highest BCUT2D eigenvalue weighted by Crippen LogP contribution is 2.20. The van der Waals surface area contributed by atoms with Crippen molar-refractivity contribution in [2.75, 3.05) is 20.2 Å². The monoisotopic (exact) mass is 343 g/mol. The number of hydrogen-bond donors (Lipinski definition) is 1. The molecular weight excluding hydrogens is 321 g/mol. The lowest BCUT2D eigenvalue weighted by atomic mass is 10.0. The van der Waals surface area contributed by atoms with Crippen LogP contribution in [-0.4, -0.2) is 42.0 Å². The fourth-order valence-corrected chi connectivity index (χ4v) is 3.06. The van der Waals surface area contributed by atoms with Gasteiger partial charge in [-0.05, 0) is 37.1 Å². The van der Waals surface area contributed by atoms with E-state index in [2.05, 4.69) is 15.2 Å². The number of nitrogens with zero attached hydrogens (tertiary/aromatic N) is 2. The van der Waals surface area contributed by atoms with E-state index in [1.54, 1.807) is 12.3 Å². The number of pyridine rings is 1. The van der Waals surface area contributed by atoms with Gasteiger partial charge in [-0.3, -0.25) is 14.7 Å². The third-order valence-corrected chi connectivity index (χ3v) is 4.46. The van der Waals surface area contributed by atoms with Gasteiger partial charge in [0.1, 0.15) is 0 Å². The van der Waals surface area contributed by atoms with E-state index in [1.807, 2.05) is 18.2 Å². The molecule has 1 aliphatic rings. The maximum atomic E-state index is 14.2. The maximum Gasteiger partial charge on any atom is 0.254 e. The number of benzene rings is 1. The molecule has 0 saturated carbocycles. The predicted molar refractivity (Wildman–Crippen MR) is 93.0 cm³/mol. The lowest BCUT2D eigenvalue weighted by Gasteiger charge is -2.32. The summed E-state index contributed by atoms with van der Waals surface area (Å²) in [5, 5.41) is 2.93. The Bertz CT molecular complexity index is 716. The Morgan fingerprint density at radius 3 is 2.76 bits per heavy atom. The maximum absolute atomic E-state index is 14.2. The second-order valence-corrected chi connectivity index (χ2v) is 6.17. The molecule has 2 aromatic rings. The van der Waals surface area contributed by atoms with Crippen molar-refractivity contribution in [2.45, 2.75) is 25.4 Å². The molecule has 1 saturated heterocycles. The molecular formula is C19H22FN3O2. The fraction of sp³-hybridized carbons (Fsp3) is 0.368. The molecule has 2 heterocycles. The van der Waals surface area contributed by atoms with E-state index in [1.165, 1.54) is 19.2 Å². The van der Waals surface area contributed by atoms with Gasteiger partial charge >= 0.3 is 0 Å². The lowest BCUT2D eigenvalue weighted by Crippen LogP contribution is -2.44. The first-order chi connectivity index (χ1) is 12.2. The van der Waals surface area contributed by atoms with Crippen LogP contribution in [0, 0.1) is 5.82 Å². The largest absolute Gasteiger partial charge is 0.494 e. The lowest BCUT2D eigenvalue weighted by molar-refractivity contribution is 0.0903. The van der Waals surface area contributed by atoms with Gasteiger partial charge in [-0.25, -0.2) is 4.39 Å². The van der Waals surface area contributed by atoms with Gasteiger partial charge in [0.05, 0.1) is 18.4 Å². The molecule has 6 heteroatoms. The van der Waals surface area contributed by atoms with Crippen LogP contribution in [0.1, 0.15) is 28.9 Å². The summed E-state index contributed by atoms with van der Waals surface area (Å²) in [6.07, 6.45) is 3.47. The highest BCUT2D eigenvalue weighted by atomic mass is 19.1. The number of piperidine rings is 1. The van der Waals surface area contributed by atoms with Crippen molar-refractivity contribution >= 4 is 5.91 Å². The zero-order valence-electron chi connectivity index (χ0n) is 14.2. The summed E-state index contributed by atoms with van der Waals surface area (Å²) in [6, 6.07) is 10.6. The standard InChI is InChI=1S/C19H22FN3O2/c1-25-17-7-4-6-16(18(17)20)19(24)22-14-8-11-23(12-9-14)13-15-5-2-3-10-21-15/h2-7,10,14H,8-9,11-13H2,1H3,(H,22,24). The molecule has 3 rings (SSSR count). The van der Waals surface area contributed by atoms with Gasteiger partial charge in [-0.1, -0.05) is 12.1 Å². The summed E-state index contributed by atoms with van der Waals surface area (Å²) in [7, 11) is 1.39. The minimum atomic E-state index is -0.616. The average Bonchev–Trinajstić information content (AvgIpc) is 2.64. The molecule has 1 aromatic heterocycles. The van der Waals surface area contributed by atoms with Gasteiger partial charge in [-0.2, -0.15) is 0 Å². The minimum Gasteiger partial charge on any atom is -0.494 e. The number of halogens is 1. The van der Waals surface area contributed by atoms with E-state index in [-0.39, 0.29) is 23.3 Å². The Kier molecular flexibility index (Phi) is 5.60. The summed E-state index contributed by atoms with van der Waals surface area (Å²) < 4.78 is 19.1. The number of carbonyl (C=O) groups excluding carboxylic acids is 1. The summed E-state index contributed by atoms with van der Waals surface area (Å²) >= 11 is 0. The normalized spacial score (nSPS) is 15.8. The molecule has 0 aliphatic carbocycles. The van der Waals surface area contributed by atoms with Gasteiger partial charge in [0.2, 0.25) is 0 Å². The number of aromatic nitrogens is 1. The van der Waals surface area contributed by atoms with Crippen LogP contribution < -0.4 is 10.1 Å². The molecule has 1 aromatic carbocycles. The smallest absolute Gasteiger partial charge is 0.254 e. The molecule has 1 amide bonds. The molecule has 0 atom stereocenters. The third kappa shape index (κ3) is 4.33. The van der Waals surface area contributed by atoms with Crippen LogP contribution in [0.4, 0.5) is 4.39 Å². The third-order valence-electron chi connectivity index (χ3n) is 4.46. The van der Waals surface area contributed by atoms with Crippen molar-refractivity contribution in [1.29, 1.82) is 0 Å². The first-order valence-electron chi connectivity index (χ1n) is 8.43. The van der Waals surface area contributed by atoms with E-state index in [9.17, 15) is 9.18 Å². The Hall–Kier alpha value is -2.47. The molecule has 132 valence electrons. The van der Waals surface area contributed by atoms with Crippen LogP contribution in [0.3, 0.4) is 0 Å². The van der Waals surface area contributed by atoms with Gasteiger partial charge in [0, 0.05) is 31.9 Å². The number of ether oxygens (including phenoxy) is 1. The van der Waals surface area contributed by atoms with Crippen LogP contribution in [0.25, 0.3) is 0 Å². The molecule has 0 bridgehead atoms. The molecule has 0 spiro atoms. The number of likely N-dealkylation sites (tertiary alicyclic amines) is 1. The molecule has 1 N–H and O–H groups in total. The summed E-state index contributed by atoms with van der Waals surface area (Å²) in [6.45, 7) is 2.57. The van der Waals surface area contributed by atoms with Crippen LogP contribution in [0.15, 0.2) is 42.6 Å². The number of carbonyl (C=O) groups is 1. The fourth-order valence-electron chi connectivity index (χ4n) is 3.06. The molecule has 5 nitrogen and oxygen atoms in total. The van der Waals surface area contributed by atoms with Crippen LogP contribution >= 0.6 is 0 Å². The Labute approximate surface area is 146 Å². The van der Waals surface area contributed by atoms with Crippen molar-refractivity contribution in [2.24, 2.45) is 0 Å². The second-order valence-electron chi connectivity index (χ2n) is 6.17. The minimum absolute atomic E-state index is 0.0234. The second kappa shape index (κ2) is 8.07. The summed E-state index contributed by atoms with van der Waals surface area (Å²) in [5.74, 6) is -0.924. The van der Waals surface area contributed by atoms with Crippen molar-refractivity contribution in [1.82, 2.24) is 15.2 Å². The average molecular weight is 343 g/mol. The van der Waals surface area contributed by atoms with Crippen molar-refractivity contribution < 1.29 is 13.9 Å². The van der Waals surface area contributed by atoms with E-state index < -0.39 is 5.82 Å². The van der Waals surface area contributed by atoms with Gasteiger partial charge in [-0.15, -0.1) is 0 Å². The topological polar surface area (TPSA) is 54.5 Å². The molecule has 1 aliphatic heterocycles. The summed E-state index contributed by atoms with van der Waals surface area (Å²) in [5.41, 5.74) is 1.07. The van der Waals surface area contributed by atoms with E-state index >= 15 is 0 Å². The molecule has 0 radical (unpaired) electrons. The van der Waals surface area contributed by atoms with Gasteiger partial charge in [0.15, 0.2) is 11.6 Å². The highest BCUT2D eigenvalue weighted by molar-refractivity contribution is 5.95. The number of nitrogens with one attached hydrogen (secondary N) is 1. The first kappa shape index (κ1) is 17.4. The molecule has 25 heavy (non-hydrogen) atoms. The zero-order chi connectivity index (χ0) is 17.6. The summed E-state index contributed by atoms with van der Waals surface area (Å²) in [4.78, 5) is 19.0. The van der Waals surface area contributed by atoms with Gasteiger partial charge < -0.3 is 10.1 Å². The van der Waals surface area contributed by atoms with Crippen molar-refractivity contribution in [3.8, 4) is 5.75 Å². The number of methoxy groups -OCH3 is 1. The van der Waals surface area contributed by atoms with E-state index in [0.29, 0.717) is 0 Å². The van der Waals surface area contributed by atoms with Crippen molar-refractivity contribution in [3.63, 3.8) is 0 Å². The van der Waals surface area contributed by atoms with Crippen LogP contribution in [0.2, 0.25) is 0 Å². The Morgan fingerprint density at radius 2 is 2.08 bits per heavy atom. The van der Waals surface area contributed by atoms with Crippen molar-refractivity contribution in [3.05, 3.63) is 59.7 Å². The quantitative estimate of drug-likeness (QED) is 0.907. The van der Waals surface area contributed by atoms with E-state index in [0.717, 1.165) is 38.2 Å².